The van der Waals surface area contributed by atoms with Gasteiger partial charge in [-0.3, -0.25) is 0 Å². The molecule has 0 atom stereocenters. The lowest BCUT2D eigenvalue weighted by atomic mass is 10.1. The SMILES string of the molecule is CN(Cc1ccccc1Cl)c1cccc(F)c1CN. The van der Waals surface area contributed by atoms with Gasteiger partial charge in [-0.1, -0.05) is 35.9 Å². The molecular weight excluding hydrogens is 263 g/mol. The van der Waals surface area contributed by atoms with Gasteiger partial charge in [-0.25, -0.2) is 4.39 Å². The Morgan fingerprint density at radius 3 is 2.58 bits per heavy atom. The van der Waals surface area contributed by atoms with Crippen molar-refractivity contribution in [1.29, 1.82) is 0 Å². The molecule has 0 aliphatic carbocycles. The molecule has 0 saturated heterocycles. The second-order valence-corrected chi connectivity index (χ2v) is 4.80. The summed E-state index contributed by atoms with van der Waals surface area (Å²) in [5.74, 6) is -0.272. The third-order valence-corrected chi connectivity index (χ3v) is 3.44. The maximum atomic E-state index is 13.7. The number of hydrogen-bond acceptors (Lipinski definition) is 2. The number of halogens is 2. The molecule has 2 rings (SSSR count). The largest absolute Gasteiger partial charge is 0.370 e. The van der Waals surface area contributed by atoms with Gasteiger partial charge in [0, 0.05) is 36.4 Å². The van der Waals surface area contributed by atoms with Crippen molar-refractivity contribution in [2.24, 2.45) is 5.73 Å². The lowest BCUT2D eigenvalue weighted by molar-refractivity contribution is 0.609. The van der Waals surface area contributed by atoms with Crippen LogP contribution in [0.4, 0.5) is 10.1 Å². The molecular formula is C15H16ClFN2. The predicted octanol–water partition coefficient (Wildman–Crippen LogP) is 3.57. The molecule has 100 valence electrons. The molecule has 2 aromatic rings. The molecule has 0 spiro atoms. The van der Waals surface area contributed by atoms with Crippen molar-refractivity contribution in [3.8, 4) is 0 Å². The first-order valence-corrected chi connectivity index (χ1v) is 6.43. The summed E-state index contributed by atoms with van der Waals surface area (Å²) < 4.78 is 13.7. The van der Waals surface area contributed by atoms with Crippen LogP contribution in [-0.4, -0.2) is 7.05 Å². The van der Waals surface area contributed by atoms with E-state index in [9.17, 15) is 4.39 Å². The van der Waals surface area contributed by atoms with E-state index in [0.717, 1.165) is 11.3 Å². The Labute approximate surface area is 117 Å². The van der Waals surface area contributed by atoms with Crippen molar-refractivity contribution in [3.05, 3.63) is 64.4 Å². The van der Waals surface area contributed by atoms with Gasteiger partial charge < -0.3 is 10.6 Å². The van der Waals surface area contributed by atoms with Crippen LogP contribution in [0.1, 0.15) is 11.1 Å². The minimum absolute atomic E-state index is 0.175. The molecule has 2 N–H and O–H groups in total. The Kier molecular flexibility index (Phi) is 4.40. The fourth-order valence-corrected chi connectivity index (χ4v) is 2.27. The lowest BCUT2D eigenvalue weighted by Crippen LogP contribution is -2.19. The average Bonchev–Trinajstić information content (AvgIpc) is 2.41. The van der Waals surface area contributed by atoms with Crippen LogP contribution >= 0.6 is 11.6 Å². The lowest BCUT2D eigenvalue weighted by Gasteiger charge is -2.23. The maximum Gasteiger partial charge on any atom is 0.129 e. The quantitative estimate of drug-likeness (QED) is 0.926. The zero-order valence-electron chi connectivity index (χ0n) is 10.7. The van der Waals surface area contributed by atoms with Crippen molar-refractivity contribution < 1.29 is 4.39 Å². The predicted molar refractivity (Wildman–Crippen MR) is 77.9 cm³/mol. The number of hydrogen-bond donors (Lipinski definition) is 1. The fourth-order valence-electron chi connectivity index (χ4n) is 2.07. The van der Waals surface area contributed by atoms with Gasteiger partial charge in [0.2, 0.25) is 0 Å². The van der Waals surface area contributed by atoms with Crippen molar-refractivity contribution in [2.75, 3.05) is 11.9 Å². The van der Waals surface area contributed by atoms with E-state index in [2.05, 4.69) is 0 Å². The van der Waals surface area contributed by atoms with Crippen molar-refractivity contribution in [2.45, 2.75) is 13.1 Å². The first-order valence-electron chi connectivity index (χ1n) is 6.05. The molecule has 0 aliphatic heterocycles. The number of nitrogens with two attached hydrogens (primary N) is 1. The maximum absolute atomic E-state index is 13.7. The first-order chi connectivity index (χ1) is 9.13. The summed E-state index contributed by atoms with van der Waals surface area (Å²) in [5, 5.41) is 0.708. The van der Waals surface area contributed by atoms with Crippen LogP contribution in [0, 0.1) is 5.82 Å². The van der Waals surface area contributed by atoms with E-state index in [0.29, 0.717) is 17.1 Å². The van der Waals surface area contributed by atoms with Gasteiger partial charge in [0.05, 0.1) is 0 Å². The molecule has 0 amide bonds. The molecule has 0 aliphatic rings. The standard InChI is InChI=1S/C15H16ClFN2/c1-19(10-11-5-2-3-6-13(11)16)15-8-4-7-14(17)12(15)9-18/h2-8H,9-10,18H2,1H3. The first kappa shape index (κ1) is 13.8. The van der Waals surface area contributed by atoms with Gasteiger partial charge in [-0.05, 0) is 23.8 Å². The highest BCUT2D eigenvalue weighted by Crippen LogP contribution is 2.25. The molecule has 4 heteroatoms. The fraction of sp³-hybridized carbons (Fsp3) is 0.200. The molecule has 0 saturated carbocycles. The van der Waals surface area contributed by atoms with Crippen LogP contribution in [0.15, 0.2) is 42.5 Å². The summed E-state index contributed by atoms with van der Waals surface area (Å²) in [6.07, 6.45) is 0. The minimum Gasteiger partial charge on any atom is -0.370 e. The summed E-state index contributed by atoms with van der Waals surface area (Å²) in [7, 11) is 1.90. The second-order valence-electron chi connectivity index (χ2n) is 4.39. The van der Waals surface area contributed by atoms with Gasteiger partial charge in [-0.15, -0.1) is 0 Å². The highest BCUT2D eigenvalue weighted by Gasteiger charge is 2.11. The van der Waals surface area contributed by atoms with Crippen LogP contribution in [0.3, 0.4) is 0 Å². The number of nitrogens with zero attached hydrogens (tertiary/aromatic N) is 1. The Hall–Kier alpha value is -1.58. The normalized spacial score (nSPS) is 10.5. The Morgan fingerprint density at radius 1 is 1.16 bits per heavy atom. The van der Waals surface area contributed by atoms with Crippen LogP contribution < -0.4 is 10.6 Å². The van der Waals surface area contributed by atoms with Crippen molar-refractivity contribution in [1.82, 2.24) is 0 Å². The van der Waals surface area contributed by atoms with E-state index in [1.165, 1.54) is 6.07 Å². The van der Waals surface area contributed by atoms with Gasteiger partial charge in [-0.2, -0.15) is 0 Å². The Bertz CT molecular complexity index is 572. The zero-order chi connectivity index (χ0) is 13.8. The number of anilines is 1. The van der Waals surface area contributed by atoms with E-state index in [4.69, 9.17) is 17.3 Å². The van der Waals surface area contributed by atoms with Crippen molar-refractivity contribution in [3.63, 3.8) is 0 Å². The van der Waals surface area contributed by atoms with Gasteiger partial charge in [0.25, 0.3) is 0 Å². The molecule has 0 radical (unpaired) electrons. The summed E-state index contributed by atoms with van der Waals surface area (Å²) in [6, 6.07) is 12.6. The minimum atomic E-state index is -0.272. The van der Waals surface area contributed by atoms with Gasteiger partial charge in [0.15, 0.2) is 0 Å². The van der Waals surface area contributed by atoms with E-state index in [1.54, 1.807) is 6.07 Å². The summed E-state index contributed by atoms with van der Waals surface area (Å²) in [5.41, 5.74) is 7.94. The molecule has 0 fully saturated rings. The highest BCUT2D eigenvalue weighted by molar-refractivity contribution is 6.31. The van der Waals surface area contributed by atoms with Gasteiger partial charge in [0.1, 0.15) is 5.82 Å². The summed E-state index contributed by atoms with van der Waals surface area (Å²) in [4.78, 5) is 1.95. The average molecular weight is 279 g/mol. The van der Waals surface area contributed by atoms with E-state index >= 15 is 0 Å². The molecule has 0 unspecified atom stereocenters. The summed E-state index contributed by atoms with van der Waals surface area (Å²) >= 11 is 6.14. The summed E-state index contributed by atoms with van der Waals surface area (Å²) in [6.45, 7) is 0.783. The van der Waals surface area contributed by atoms with E-state index in [1.807, 2.05) is 42.3 Å². The third kappa shape index (κ3) is 3.06. The van der Waals surface area contributed by atoms with Crippen LogP contribution in [0.5, 0.6) is 0 Å². The van der Waals surface area contributed by atoms with Crippen LogP contribution in [0.2, 0.25) is 5.02 Å². The van der Waals surface area contributed by atoms with E-state index < -0.39 is 0 Å². The number of benzene rings is 2. The van der Waals surface area contributed by atoms with Gasteiger partial charge >= 0.3 is 0 Å². The Balaban J connectivity index is 2.28. The zero-order valence-corrected chi connectivity index (χ0v) is 11.5. The van der Waals surface area contributed by atoms with Crippen molar-refractivity contribution >= 4 is 17.3 Å². The molecule has 0 heterocycles. The molecule has 19 heavy (non-hydrogen) atoms. The molecule has 0 bridgehead atoms. The van der Waals surface area contributed by atoms with Crippen LogP contribution in [-0.2, 0) is 13.1 Å². The topological polar surface area (TPSA) is 29.3 Å². The second kappa shape index (κ2) is 6.04. The molecule has 2 aromatic carbocycles. The monoisotopic (exact) mass is 278 g/mol. The van der Waals surface area contributed by atoms with Crippen LogP contribution in [0.25, 0.3) is 0 Å². The number of rotatable bonds is 4. The smallest absolute Gasteiger partial charge is 0.129 e. The Morgan fingerprint density at radius 2 is 1.89 bits per heavy atom. The highest BCUT2D eigenvalue weighted by atomic mass is 35.5. The van der Waals surface area contributed by atoms with E-state index in [-0.39, 0.29) is 12.4 Å². The molecule has 2 nitrogen and oxygen atoms in total. The third-order valence-electron chi connectivity index (χ3n) is 3.07. The molecule has 0 aromatic heterocycles.